The van der Waals surface area contributed by atoms with Crippen molar-refractivity contribution in [3.05, 3.63) is 229 Å². The maximum Gasteiger partial charge on any atom is 0.0920 e. The zero-order valence-electron chi connectivity index (χ0n) is 43.5. The summed E-state index contributed by atoms with van der Waals surface area (Å²) in [5.74, 6) is 0.937. The Kier molecular flexibility index (Phi) is 17.1. The summed E-state index contributed by atoms with van der Waals surface area (Å²) in [5, 5.41) is 8.25. The molecule has 1 aliphatic heterocycles. The van der Waals surface area contributed by atoms with E-state index in [-0.39, 0.29) is 10.8 Å². The Morgan fingerprint density at radius 3 is 1.24 bits per heavy atom. The fourth-order valence-electron chi connectivity index (χ4n) is 9.89. The van der Waals surface area contributed by atoms with Crippen LogP contribution in [0.3, 0.4) is 0 Å². The molecule has 0 aromatic heterocycles. The van der Waals surface area contributed by atoms with Gasteiger partial charge in [0.05, 0.1) is 9.52 Å². The Morgan fingerprint density at radius 2 is 0.819 bits per heavy atom. The van der Waals surface area contributed by atoms with E-state index in [4.69, 9.17) is 17.0 Å². The van der Waals surface area contributed by atoms with Crippen LogP contribution in [0, 0.1) is 6.07 Å². The Morgan fingerprint density at radius 1 is 0.444 bits per heavy atom. The second kappa shape index (κ2) is 23.3. The predicted molar refractivity (Wildman–Crippen MR) is 314 cm³/mol. The maximum absolute atomic E-state index is 4.93. The fourth-order valence-corrected chi connectivity index (χ4v) is 11.2. The van der Waals surface area contributed by atoms with Gasteiger partial charge in [-0.1, -0.05) is 236 Å². The minimum absolute atomic E-state index is 0.146. The van der Waals surface area contributed by atoms with Crippen LogP contribution in [0.5, 0.6) is 0 Å². The summed E-state index contributed by atoms with van der Waals surface area (Å²) < 4.78 is 0. The Hall–Kier alpha value is -5.34. The van der Waals surface area contributed by atoms with Crippen LogP contribution in [0.4, 0.5) is 0 Å². The quantitative estimate of drug-likeness (QED) is 0.115. The molecule has 0 unspecified atom stereocenters. The molecule has 0 saturated carbocycles. The molecule has 0 amide bonds. The Balaban J connectivity index is 0.000000149. The van der Waals surface area contributed by atoms with Gasteiger partial charge in [0, 0.05) is 0 Å². The largest absolute Gasteiger partial charge is 0.184 e. The van der Waals surface area contributed by atoms with Crippen LogP contribution < -0.4 is 10.4 Å². The van der Waals surface area contributed by atoms with E-state index < -0.39 is 20.8 Å². The van der Waals surface area contributed by atoms with E-state index in [0.717, 1.165) is 9.52 Å². The third-order valence-corrected chi connectivity index (χ3v) is 15.1. The van der Waals surface area contributed by atoms with Crippen molar-refractivity contribution in [1.82, 2.24) is 0 Å². The van der Waals surface area contributed by atoms with Gasteiger partial charge in [0.1, 0.15) is 0 Å². The summed E-state index contributed by atoms with van der Waals surface area (Å²) >= 11 is -0.826. The molecule has 0 aliphatic carbocycles. The van der Waals surface area contributed by atoms with E-state index in [9.17, 15) is 0 Å². The van der Waals surface area contributed by atoms with Crippen molar-refractivity contribution in [1.29, 1.82) is 0 Å². The van der Waals surface area contributed by atoms with E-state index in [2.05, 4.69) is 269 Å². The SMILES string of the molecule is CC(C)c1ccc2[cH-]c(C(C)(C)C)cc2c1-c1ccccc1-c1ccccc1.CC(C)c1ccc2[cH-]c(C(C)(C)C)cc2c1-c1ccccc1-c1ccccc1.[Cl][Zr][Cl].[c-]1cccc2c1[Si]c1ccccc1-2. The number of rotatable bonds is 6. The number of hydrogen-bond donors (Lipinski definition) is 0. The Labute approximate surface area is 451 Å². The smallest absolute Gasteiger partial charge is 0.0920 e. The standard InChI is InChI=1S/2C28H29.C12H7Si.2ClH.Zr/c2*1-19(2)23-16-15-21-17-22(28(3,4)5)18-26(21)27(23)25-14-10-9-13-24(25)20-11-7-6-8-12-20;1-3-7-11-9(5-1)10-6-2-4-8-12(10)13-11;;;/h2*6-19H,1-5H3;1-7H;2*1H;/q3*-1;;;+2/p-2. The van der Waals surface area contributed by atoms with Gasteiger partial charge >= 0.3 is 37.9 Å². The second-order valence-corrected chi connectivity index (χ2v) is 26.4. The molecule has 10 aromatic carbocycles. The zero-order chi connectivity index (χ0) is 51.2. The first-order valence-corrected chi connectivity index (χ1v) is 32.5. The molecule has 11 rings (SSSR count). The molecule has 72 heavy (non-hydrogen) atoms. The molecule has 0 saturated heterocycles. The van der Waals surface area contributed by atoms with Crippen LogP contribution in [-0.2, 0) is 31.7 Å². The van der Waals surface area contributed by atoms with Gasteiger partial charge in [-0.25, -0.2) is 0 Å². The van der Waals surface area contributed by atoms with E-state index in [1.807, 2.05) is 6.07 Å². The van der Waals surface area contributed by atoms with Crippen molar-refractivity contribution in [2.24, 2.45) is 0 Å². The van der Waals surface area contributed by atoms with E-state index in [0.29, 0.717) is 11.8 Å². The molecule has 362 valence electrons. The zero-order valence-corrected chi connectivity index (χ0v) is 48.4. The molecule has 2 radical (unpaired) electrons. The summed E-state index contributed by atoms with van der Waals surface area (Å²) in [5.41, 5.74) is 19.3. The summed E-state index contributed by atoms with van der Waals surface area (Å²) in [6.45, 7) is 22.9. The minimum atomic E-state index is -0.826. The molecule has 0 atom stereocenters. The molecule has 1 aliphatic rings. The van der Waals surface area contributed by atoms with Crippen molar-refractivity contribution in [3.8, 4) is 55.6 Å². The molecule has 0 spiro atoms. The topological polar surface area (TPSA) is 0 Å². The average molecular weight is 1070 g/mol. The van der Waals surface area contributed by atoms with Gasteiger partial charge in [0.15, 0.2) is 0 Å². The van der Waals surface area contributed by atoms with Crippen LogP contribution >= 0.6 is 17.0 Å². The van der Waals surface area contributed by atoms with Crippen LogP contribution in [0.15, 0.2) is 200 Å². The summed E-state index contributed by atoms with van der Waals surface area (Å²) in [4.78, 5) is 0. The summed E-state index contributed by atoms with van der Waals surface area (Å²) in [6.07, 6.45) is 0. The van der Waals surface area contributed by atoms with Gasteiger partial charge < -0.3 is 0 Å². The van der Waals surface area contributed by atoms with Crippen LogP contribution in [-0.4, -0.2) is 9.52 Å². The molecule has 1 heterocycles. The van der Waals surface area contributed by atoms with Crippen molar-refractivity contribution in [2.75, 3.05) is 0 Å². The molecule has 0 nitrogen and oxygen atoms in total. The van der Waals surface area contributed by atoms with Crippen molar-refractivity contribution in [2.45, 2.75) is 91.9 Å². The van der Waals surface area contributed by atoms with Gasteiger partial charge in [-0.3, -0.25) is 0 Å². The minimum Gasteiger partial charge on any atom is -0.184 e. The second-order valence-electron chi connectivity index (χ2n) is 21.4. The predicted octanol–water partition coefficient (Wildman–Crippen LogP) is 19.1. The number of benzene rings is 8. The van der Waals surface area contributed by atoms with E-state index in [1.165, 1.54) is 110 Å². The first-order valence-electron chi connectivity index (χ1n) is 25.2. The van der Waals surface area contributed by atoms with Crippen LogP contribution in [0.2, 0.25) is 0 Å². The fraction of sp³-hybridized carbons (Fsp3) is 0.206. The number of hydrogen-bond acceptors (Lipinski definition) is 0. The molecule has 0 N–H and O–H groups in total. The average Bonchev–Trinajstić information content (AvgIpc) is 4.13. The normalized spacial score (nSPS) is 11.8. The molecule has 0 bridgehead atoms. The van der Waals surface area contributed by atoms with Crippen molar-refractivity contribution in [3.63, 3.8) is 0 Å². The number of halogens is 2. The van der Waals surface area contributed by atoms with E-state index >= 15 is 0 Å². The Bertz CT molecular complexity index is 3170. The molecule has 4 heteroatoms. The first kappa shape index (κ1) is 53.0. The molecular formula is C68H65Cl2SiZr-3. The van der Waals surface area contributed by atoms with Gasteiger partial charge in [-0.2, -0.15) is 41.6 Å². The van der Waals surface area contributed by atoms with Gasteiger partial charge in [-0.05, 0) is 56.0 Å². The van der Waals surface area contributed by atoms with Crippen molar-refractivity contribution < 1.29 is 20.8 Å². The maximum atomic E-state index is 4.93. The van der Waals surface area contributed by atoms with Gasteiger partial charge in [0.2, 0.25) is 0 Å². The third-order valence-electron chi connectivity index (χ3n) is 13.7. The number of fused-ring (bicyclic) bond motifs is 5. The summed E-state index contributed by atoms with van der Waals surface area (Å²) in [6, 6.07) is 76.2. The van der Waals surface area contributed by atoms with Gasteiger partial charge in [0.25, 0.3) is 0 Å². The molecule has 0 fully saturated rings. The van der Waals surface area contributed by atoms with E-state index in [1.54, 1.807) is 0 Å². The van der Waals surface area contributed by atoms with Crippen LogP contribution in [0.25, 0.3) is 77.2 Å². The van der Waals surface area contributed by atoms with Crippen LogP contribution in [0.1, 0.15) is 103 Å². The van der Waals surface area contributed by atoms with Crippen molar-refractivity contribution >= 4 is 58.5 Å². The third kappa shape index (κ3) is 11.9. The molecular weight excluding hydrogens is 1010 g/mol. The first-order chi connectivity index (χ1) is 34.6. The monoisotopic (exact) mass is 1070 g/mol. The summed E-state index contributed by atoms with van der Waals surface area (Å²) in [7, 11) is 10.7. The molecule has 10 aromatic rings. The van der Waals surface area contributed by atoms with Gasteiger partial charge in [-0.15, -0.1) is 74.6 Å².